The first-order valence-corrected chi connectivity index (χ1v) is 22.8. The molecule has 2 N–H and O–H groups in total. The summed E-state index contributed by atoms with van der Waals surface area (Å²) < 4.78 is 19.2. The Kier molecular flexibility index (Phi) is 13.7. The summed E-state index contributed by atoms with van der Waals surface area (Å²) in [5.41, 5.74) is 7.40. The first-order valence-electron chi connectivity index (χ1n) is 22.8. The summed E-state index contributed by atoms with van der Waals surface area (Å²) in [6.07, 6.45) is 0. The van der Waals surface area contributed by atoms with Crippen molar-refractivity contribution in [1.82, 2.24) is 0 Å². The van der Waals surface area contributed by atoms with Crippen molar-refractivity contribution < 1.29 is 24.4 Å². The van der Waals surface area contributed by atoms with Gasteiger partial charge in [-0.2, -0.15) is 0 Å². The molecule has 9 rings (SSSR count). The molecule has 0 radical (unpaired) electrons. The molecule has 9 aromatic carbocycles. The molecule has 0 aliphatic rings. The fourth-order valence-electron chi connectivity index (χ4n) is 8.57. The largest absolute Gasteiger partial charge is 0.495 e. The van der Waals surface area contributed by atoms with E-state index in [1.165, 1.54) is 0 Å². The van der Waals surface area contributed by atoms with Crippen LogP contribution in [0.25, 0.3) is 33.4 Å². The lowest BCUT2D eigenvalue weighted by Gasteiger charge is -2.25. The van der Waals surface area contributed by atoms with Crippen molar-refractivity contribution in [3.8, 4) is 86.2 Å². The Hall–Kier alpha value is -9.02. The standard InChI is InChI=1S/C65H48O5/c1-68-61-58(51-37-31-48(32-38-51)30-29-47-19-9-4-10-20-47)62(69-2)60(53-41-35-50(36-42-53)44-46-65(67,56-25-15-7-16-26-56)57-27-17-8-18-28-57)63(70-3)59(61)52-39-33-49(34-40-52)43-45-64(66,54-21-11-5-12-22-54)55-23-13-6-14-24-55/h4-28,31-42,66-67H,1-3H3. The maximum atomic E-state index is 12.1. The van der Waals surface area contributed by atoms with Crippen LogP contribution < -0.4 is 14.2 Å². The van der Waals surface area contributed by atoms with Gasteiger partial charge in [-0.05, 0) is 65.2 Å². The van der Waals surface area contributed by atoms with E-state index in [0.29, 0.717) is 61.8 Å². The zero-order valence-electron chi connectivity index (χ0n) is 39.0. The highest BCUT2D eigenvalue weighted by molar-refractivity contribution is 5.99. The van der Waals surface area contributed by atoms with Crippen molar-refractivity contribution in [3.63, 3.8) is 0 Å². The average molecular weight is 909 g/mol. The van der Waals surface area contributed by atoms with Crippen LogP contribution in [0, 0.1) is 35.5 Å². The Balaban J connectivity index is 1.17. The number of rotatable bonds is 10. The number of hydrogen-bond acceptors (Lipinski definition) is 5. The highest BCUT2D eigenvalue weighted by Gasteiger charge is 2.32. The third-order valence-electron chi connectivity index (χ3n) is 12.2. The average Bonchev–Trinajstić information content (AvgIpc) is 3.44. The lowest BCUT2D eigenvalue weighted by molar-refractivity contribution is 0.145. The molecule has 0 bridgehead atoms. The van der Waals surface area contributed by atoms with Gasteiger partial charge in [-0.1, -0.05) is 211 Å². The van der Waals surface area contributed by atoms with Crippen LogP contribution >= 0.6 is 0 Å². The highest BCUT2D eigenvalue weighted by atomic mass is 16.5. The van der Waals surface area contributed by atoms with Crippen molar-refractivity contribution in [1.29, 1.82) is 0 Å². The van der Waals surface area contributed by atoms with Crippen LogP contribution in [0.3, 0.4) is 0 Å². The van der Waals surface area contributed by atoms with Crippen LogP contribution in [0.4, 0.5) is 0 Å². The van der Waals surface area contributed by atoms with Gasteiger partial charge in [-0.15, -0.1) is 0 Å². The molecule has 0 atom stereocenters. The van der Waals surface area contributed by atoms with Crippen LogP contribution in [-0.2, 0) is 11.2 Å². The summed E-state index contributed by atoms with van der Waals surface area (Å²) in [7, 11) is 4.94. The Labute approximate surface area is 410 Å². The lowest BCUT2D eigenvalue weighted by Crippen LogP contribution is -2.25. The highest BCUT2D eigenvalue weighted by Crippen LogP contribution is 2.56. The minimum atomic E-state index is -1.54. The van der Waals surface area contributed by atoms with Gasteiger partial charge in [-0.3, -0.25) is 0 Å². The monoisotopic (exact) mass is 908 g/mol. The zero-order chi connectivity index (χ0) is 48.3. The number of methoxy groups -OCH3 is 3. The molecule has 338 valence electrons. The van der Waals surface area contributed by atoms with E-state index >= 15 is 0 Å². The molecule has 0 saturated heterocycles. The summed E-state index contributed by atoms with van der Waals surface area (Å²) in [4.78, 5) is 0. The van der Waals surface area contributed by atoms with Gasteiger partial charge in [0.15, 0.2) is 11.2 Å². The normalized spacial score (nSPS) is 10.9. The number of ether oxygens (including phenoxy) is 3. The molecule has 0 unspecified atom stereocenters. The van der Waals surface area contributed by atoms with Gasteiger partial charge < -0.3 is 24.4 Å². The van der Waals surface area contributed by atoms with Crippen molar-refractivity contribution in [2.24, 2.45) is 0 Å². The second-order valence-corrected chi connectivity index (χ2v) is 16.5. The topological polar surface area (TPSA) is 68.2 Å². The molecule has 0 spiro atoms. The van der Waals surface area contributed by atoms with E-state index in [-0.39, 0.29) is 0 Å². The van der Waals surface area contributed by atoms with Crippen molar-refractivity contribution in [2.75, 3.05) is 21.3 Å². The third kappa shape index (κ3) is 9.56. The van der Waals surface area contributed by atoms with Crippen LogP contribution in [0.5, 0.6) is 17.2 Å². The molecule has 0 saturated carbocycles. The Morgan fingerprint density at radius 3 is 0.771 bits per heavy atom. The van der Waals surface area contributed by atoms with E-state index < -0.39 is 11.2 Å². The first kappa shape index (κ1) is 46.1. The van der Waals surface area contributed by atoms with Crippen LogP contribution in [0.1, 0.15) is 44.5 Å². The molecule has 70 heavy (non-hydrogen) atoms. The smallest absolute Gasteiger partial charge is 0.177 e. The molecule has 0 amide bonds. The molecule has 5 heteroatoms. The predicted molar refractivity (Wildman–Crippen MR) is 280 cm³/mol. The molecule has 0 fully saturated rings. The van der Waals surface area contributed by atoms with Crippen LogP contribution in [0.2, 0.25) is 0 Å². The quantitative estimate of drug-likeness (QED) is 0.134. The molecular weight excluding hydrogens is 861 g/mol. The van der Waals surface area contributed by atoms with Gasteiger partial charge >= 0.3 is 0 Å². The molecule has 0 aliphatic carbocycles. The molecular formula is C65H48O5. The number of hydrogen-bond donors (Lipinski definition) is 2. The van der Waals surface area contributed by atoms with Gasteiger partial charge in [0.25, 0.3) is 0 Å². The first-order chi connectivity index (χ1) is 34.3. The third-order valence-corrected chi connectivity index (χ3v) is 12.2. The van der Waals surface area contributed by atoms with Crippen molar-refractivity contribution >= 4 is 0 Å². The van der Waals surface area contributed by atoms with Gasteiger partial charge in [0.2, 0.25) is 0 Å². The summed E-state index contributed by atoms with van der Waals surface area (Å²) in [6.45, 7) is 0. The summed E-state index contributed by atoms with van der Waals surface area (Å²) >= 11 is 0. The van der Waals surface area contributed by atoms with Gasteiger partial charge in [0, 0.05) is 44.5 Å². The summed E-state index contributed by atoms with van der Waals surface area (Å²) in [5.74, 6) is 21.1. The van der Waals surface area contributed by atoms with Gasteiger partial charge in [0.05, 0.1) is 38.0 Å². The summed E-state index contributed by atoms with van der Waals surface area (Å²) in [5, 5.41) is 24.3. The number of benzene rings is 9. The summed E-state index contributed by atoms with van der Waals surface area (Å²) in [6, 6.07) is 71.5. The fraction of sp³-hybridized carbons (Fsp3) is 0.0769. The van der Waals surface area contributed by atoms with Gasteiger partial charge in [-0.25, -0.2) is 0 Å². The number of aliphatic hydroxyl groups is 2. The van der Waals surface area contributed by atoms with E-state index in [4.69, 9.17) is 14.2 Å². The zero-order valence-corrected chi connectivity index (χ0v) is 39.0. The SMILES string of the molecule is COc1c(-c2ccc(C#Cc3ccccc3)cc2)c(OC)c(-c2ccc(C#CC(O)(c3ccccc3)c3ccccc3)cc2)c(OC)c1-c1ccc(C#CC(O)(c2ccccc2)c2ccccc2)cc1. The molecule has 0 aliphatic heterocycles. The van der Waals surface area contributed by atoms with E-state index in [2.05, 4.69) is 35.5 Å². The van der Waals surface area contributed by atoms with E-state index in [1.54, 1.807) is 21.3 Å². The fourth-order valence-corrected chi connectivity index (χ4v) is 8.57. The minimum Gasteiger partial charge on any atom is -0.495 e. The molecule has 9 aromatic rings. The Morgan fingerprint density at radius 2 is 0.514 bits per heavy atom. The maximum Gasteiger partial charge on any atom is 0.177 e. The van der Waals surface area contributed by atoms with E-state index in [0.717, 1.165) is 33.4 Å². The molecule has 0 aromatic heterocycles. The van der Waals surface area contributed by atoms with Crippen molar-refractivity contribution in [2.45, 2.75) is 11.2 Å². The second-order valence-electron chi connectivity index (χ2n) is 16.5. The molecule has 0 heterocycles. The van der Waals surface area contributed by atoms with Gasteiger partial charge in [0.1, 0.15) is 17.2 Å². The van der Waals surface area contributed by atoms with E-state index in [9.17, 15) is 10.2 Å². The Morgan fingerprint density at radius 1 is 0.286 bits per heavy atom. The van der Waals surface area contributed by atoms with Crippen molar-refractivity contribution in [3.05, 3.63) is 269 Å². The maximum absolute atomic E-state index is 12.1. The molecule has 5 nitrogen and oxygen atoms in total. The van der Waals surface area contributed by atoms with Crippen LogP contribution in [-0.4, -0.2) is 31.5 Å². The Bertz CT molecular complexity index is 3150. The predicted octanol–water partition coefficient (Wildman–Crippen LogP) is 12.7. The lowest BCUT2D eigenvalue weighted by atomic mass is 9.86. The van der Waals surface area contributed by atoms with E-state index in [1.807, 2.05) is 224 Å². The minimum absolute atomic E-state index is 0.533. The second kappa shape index (κ2) is 20.9. The van der Waals surface area contributed by atoms with Crippen LogP contribution in [0.15, 0.2) is 224 Å².